The second-order valence-electron chi connectivity index (χ2n) is 9.96. The number of nitrogens with one attached hydrogen (secondary N) is 1. The molecule has 10 heteroatoms. The molecule has 0 aliphatic heterocycles. The van der Waals surface area contributed by atoms with Crippen molar-refractivity contribution in [2.45, 2.75) is 64.6 Å². The van der Waals surface area contributed by atoms with Crippen LogP contribution in [0, 0.1) is 13.8 Å². The van der Waals surface area contributed by atoms with Crippen LogP contribution in [-0.2, 0) is 26.2 Å². The number of carbonyl (C=O) groups is 2. The molecular weight excluding hydrogens is 569 g/mol. The molecule has 0 spiro atoms. The summed E-state index contributed by atoms with van der Waals surface area (Å²) in [5, 5.41) is 3.65. The number of anilines is 1. The highest BCUT2D eigenvalue weighted by Gasteiger charge is 2.34. The van der Waals surface area contributed by atoms with Crippen LogP contribution in [0.15, 0.2) is 71.6 Å². The number of carbonyl (C=O) groups excluding carboxylic acids is 2. The zero-order chi connectivity index (χ0) is 29.6. The Balaban J connectivity index is 2.11. The van der Waals surface area contributed by atoms with Crippen molar-refractivity contribution in [3.8, 4) is 0 Å². The fourth-order valence-electron chi connectivity index (χ4n) is 4.45. The van der Waals surface area contributed by atoms with Crippen molar-refractivity contribution in [3.05, 3.63) is 93.5 Å². The second-order valence-corrected chi connectivity index (χ2v) is 12.7. The maximum atomic E-state index is 14.1. The van der Waals surface area contributed by atoms with Crippen molar-refractivity contribution < 1.29 is 18.0 Å². The quantitative estimate of drug-likeness (QED) is 0.285. The van der Waals surface area contributed by atoms with Crippen LogP contribution in [0.3, 0.4) is 0 Å². The first-order valence-corrected chi connectivity index (χ1v) is 15.2. The minimum absolute atomic E-state index is 0.00897. The van der Waals surface area contributed by atoms with E-state index in [9.17, 15) is 18.0 Å². The highest BCUT2D eigenvalue weighted by atomic mass is 35.5. The number of rotatable bonds is 11. The molecule has 0 aliphatic carbocycles. The average molecular weight is 605 g/mol. The van der Waals surface area contributed by atoms with E-state index in [-0.39, 0.29) is 23.4 Å². The maximum Gasteiger partial charge on any atom is 0.264 e. The molecule has 1 N–H and O–H groups in total. The van der Waals surface area contributed by atoms with Gasteiger partial charge in [-0.15, -0.1) is 0 Å². The van der Waals surface area contributed by atoms with Gasteiger partial charge in [-0.1, -0.05) is 72.1 Å². The first-order valence-electron chi connectivity index (χ1n) is 13.0. The number of benzene rings is 3. The van der Waals surface area contributed by atoms with Gasteiger partial charge in [0.05, 0.1) is 10.6 Å². The third-order valence-corrected chi connectivity index (χ3v) is 8.76. The first kappa shape index (κ1) is 31.5. The van der Waals surface area contributed by atoms with Gasteiger partial charge in [-0.3, -0.25) is 13.9 Å². The molecule has 1 atom stereocenters. The third kappa shape index (κ3) is 7.56. The zero-order valence-electron chi connectivity index (χ0n) is 23.3. The average Bonchev–Trinajstić information content (AvgIpc) is 2.88. The first-order chi connectivity index (χ1) is 18.8. The number of aryl methyl sites for hydroxylation is 2. The predicted molar refractivity (Wildman–Crippen MR) is 161 cm³/mol. The van der Waals surface area contributed by atoms with Gasteiger partial charge in [0.1, 0.15) is 12.6 Å². The number of hydrogen-bond acceptors (Lipinski definition) is 4. The van der Waals surface area contributed by atoms with E-state index in [1.807, 2.05) is 26.8 Å². The van der Waals surface area contributed by atoms with Crippen molar-refractivity contribution in [3.63, 3.8) is 0 Å². The van der Waals surface area contributed by atoms with Gasteiger partial charge in [-0.25, -0.2) is 8.42 Å². The van der Waals surface area contributed by atoms with E-state index in [0.717, 1.165) is 9.87 Å². The van der Waals surface area contributed by atoms with Crippen molar-refractivity contribution >= 4 is 50.7 Å². The van der Waals surface area contributed by atoms with E-state index in [1.165, 1.54) is 17.0 Å². The lowest BCUT2D eigenvalue weighted by molar-refractivity contribution is -0.140. The van der Waals surface area contributed by atoms with Gasteiger partial charge in [-0.2, -0.15) is 0 Å². The van der Waals surface area contributed by atoms with E-state index in [4.69, 9.17) is 23.2 Å². The summed E-state index contributed by atoms with van der Waals surface area (Å²) in [5.74, 6) is -0.879. The molecule has 1 unspecified atom stereocenters. The van der Waals surface area contributed by atoms with Crippen LogP contribution in [0.25, 0.3) is 0 Å². The fourth-order valence-corrected chi connectivity index (χ4v) is 6.42. The number of amides is 2. The standard InChI is InChI=1S/C30H35Cl2N3O4S/c1-6-27(30(37)33-20(2)3)34(18-23-13-14-24(31)17-26(23)32)29(36)19-35(28-15-12-21(4)16-22(28)5)40(38,39)25-10-8-7-9-11-25/h7-17,20,27H,6,18-19H2,1-5H3,(H,33,37). The van der Waals surface area contributed by atoms with Crippen molar-refractivity contribution in [2.75, 3.05) is 10.8 Å². The Morgan fingerprint density at radius 1 is 0.950 bits per heavy atom. The van der Waals surface area contributed by atoms with Gasteiger partial charge in [0.2, 0.25) is 11.8 Å². The summed E-state index contributed by atoms with van der Waals surface area (Å²) in [6, 6.07) is 17.2. The molecule has 0 fully saturated rings. The van der Waals surface area contributed by atoms with Crippen molar-refractivity contribution in [2.24, 2.45) is 0 Å². The molecule has 2 amide bonds. The van der Waals surface area contributed by atoms with Gasteiger partial charge >= 0.3 is 0 Å². The van der Waals surface area contributed by atoms with E-state index < -0.39 is 28.5 Å². The summed E-state index contributed by atoms with van der Waals surface area (Å²) >= 11 is 12.5. The molecule has 0 saturated carbocycles. The number of hydrogen-bond donors (Lipinski definition) is 1. The van der Waals surface area contributed by atoms with Gasteiger partial charge < -0.3 is 10.2 Å². The Morgan fingerprint density at radius 3 is 2.20 bits per heavy atom. The van der Waals surface area contributed by atoms with E-state index in [1.54, 1.807) is 62.4 Å². The van der Waals surface area contributed by atoms with Gasteiger partial charge in [0.15, 0.2) is 0 Å². The van der Waals surface area contributed by atoms with Crippen LogP contribution in [0.2, 0.25) is 10.0 Å². The van der Waals surface area contributed by atoms with Crippen LogP contribution in [-0.4, -0.2) is 43.8 Å². The SMILES string of the molecule is CCC(C(=O)NC(C)C)N(Cc1ccc(Cl)cc1Cl)C(=O)CN(c1ccc(C)cc1C)S(=O)(=O)c1ccccc1. The number of halogens is 2. The molecule has 7 nitrogen and oxygen atoms in total. The molecule has 3 aromatic rings. The lowest BCUT2D eigenvalue weighted by Gasteiger charge is -2.34. The Morgan fingerprint density at radius 2 is 1.62 bits per heavy atom. The molecule has 0 heterocycles. The van der Waals surface area contributed by atoms with Gasteiger partial charge in [0, 0.05) is 22.6 Å². The predicted octanol–water partition coefficient (Wildman–Crippen LogP) is 6.14. The molecule has 3 aromatic carbocycles. The molecule has 0 bridgehead atoms. The summed E-state index contributed by atoms with van der Waals surface area (Å²) in [5.41, 5.74) is 2.62. The van der Waals surface area contributed by atoms with Crippen LogP contribution in [0.4, 0.5) is 5.69 Å². The van der Waals surface area contributed by atoms with Crippen LogP contribution in [0.5, 0.6) is 0 Å². The Labute approximate surface area is 247 Å². The number of nitrogens with zero attached hydrogens (tertiary/aromatic N) is 2. The summed E-state index contributed by atoms with van der Waals surface area (Å²) < 4.78 is 29.0. The largest absolute Gasteiger partial charge is 0.352 e. The summed E-state index contributed by atoms with van der Waals surface area (Å²) in [7, 11) is -4.13. The molecule has 0 saturated heterocycles. The fraction of sp³-hybridized carbons (Fsp3) is 0.333. The van der Waals surface area contributed by atoms with E-state index in [2.05, 4.69) is 5.32 Å². The van der Waals surface area contributed by atoms with Gasteiger partial charge in [-0.05, 0) is 75.6 Å². The third-order valence-electron chi connectivity index (χ3n) is 6.40. The van der Waals surface area contributed by atoms with E-state index in [0.29, 0.717) is 33.3 Å². The molecule has 3 rings (SSSR count). The van der Waals surface area contributed by atoms with Crippen LogP contribution in [0.1, 0.15) is 43.9 Å². The Kier molecular flexibility index (Phi) is 10.6. The van der Waals surface area contributed by atoms with Crippen LogP contribution < -0.4 is 9.62 Å². The Bertz CT molecular complexity index is 1460. The summed E-state index contributed by atoms with van der Waals surface area (Å²) in [4.78, 5) is 28.8. The minimum atomic E-state index is -4.13. The second kappa shape index (κ2) is 13.5. The highest BCUT2D eigenvalue weighted by Crippen LogP contribution is 2.29. The van der Waals surface area contributed by atoms with Gasteiger partial charge in [0.25, 0.3) is 10.0 Å². The molecule has 0 aromatic heterocycles. The smallest absolute Gasteiger partial charge is 0.264 e. The van der Waals surface area contributed by atoms with Crippen LogP contribution >= 0.6 is 23.2 Å². The lowest BCUT2D eigenvalue weighted by atomic mass is 10.1. The summed E-state index contributed by atoms with van der Waals surface area (Å²) in [6.07, 6.45) is 0.310. The lowest BCUT2D eigenvalue weighted by Crippen LogP contribution is -2.53. The van der Waals surface area contributed by atoms with Crippen molar-refractivity contribution in [1.29, 1.82) is 0 Å². The summed E-state index contributed by atoms with van der Waals surface area (Å²) in [6.45, 7) is 8.66. The normalized spacial score (nSPS) is 12.2. The monoisotopic (exact) mass is 603 g/mol. The number of sulfonamides is 1. The topological polar surface area (TPSA) is 86.8 Å². The molecule has 0 radical (unpaired) electrons. The Hall–Kier alpha value is -3.07. The molecule has 214 valence electrons. The molecule has 40 heavy (non-hydrogen) atoms. The molecular formula is C30H35Cl2N3O4S. The van der Waals surface area contributed by atoms with E-state index >= 15 is 0 Å². The zero-order valence-corrected chi connectivity index (χ0v) is 25.6. The highest BCUT2D eigenvalue weighted by molar-refractivity contribution is 7.92. The van der Waals surface area contributed by atoms with Crippen molar-refractivity contribution in [1.82, 2.24) is 10.2 Å². The molecule has 0 aliphatic rings. The maximum absolute atomic E-state index is 14.1. The minimum Gasteiger partial charge on any atom is -0.352 e.